The summed E-state index contributed by atoms with van der Waals surface area (Å²) >= 11 is 1.66. The summed E-state index contributed by atoms with van der Waals surface area (Å²) in [4.78, 5) is 14.5. The van der Waals surface area contributed by atoms with E-state index in [0.29, 0.717) is 12.0 Å². The van der Waals surface area contributed by atoms with Crippen LogP contribution in [0.25, 0.3) is 0 Å². The standard InChI is InChI=1S/C23H19FN2OS/c24-16-7-2-1-6-15(16)23-22-19(25-17-8-3-4-9-18(17)26-23)12-14(13-20(22)27)21-10-5-11-28-21/h1-12,14,22-23,25-26H,13H2. The van der Waals surface area contributed by atoms with E-state index < -0.39 is 12.0 Å². The number of rotatable bonds is 2. The first-order valence-corrected chi connectivity index (χ1v) is 10.2. The van der Waals surface area contributed by atoms with Gasteiger partial charge in [0, 0.05) is 28.5 Å². The zero-order chi connectivity index (χ0) is 19.1. The van der Waals surface area contributed by atoms with Crippen molar-refractivity contribution in [3.63, 3.8) is 0 Å². The molecule has 3 atom stereocenters. The molecule has 3 nitrogen and oxygen atoms in total. The minimum atomic E-state index is -0.458. The molecule has 2 aromatic carbocycles. The lowest BCUT2D eigenvalue weighted by molar-refractivity contribution is -0.122. The Morgan fingerprint density at radius 3 is 2.54 bits per heavy atom. The maximum Gasteiger partial charge on any atom is 0.145 e. The zero-order valence-electron chi connectivity index (χ0n) is 15.1. The minimum absolute atomic E-state index is 0.0535. The number of nitrogens with one attached hydrogen (secondary N) is 2. The molecule has 3 unspecified atom stereocenters. The van der Waals surface area contributed by atoms with Crippen LogP contribution in [-0.4, -0.2) is 5.78 Å². The maximum atomic E-state index is 14.7. The van der Waals surface area contributed by atoms with Gasteiger partial charge in [0.15, 0.2) is 0 Å². The first kappa shape index (κ1) is 17.2. The highest BCUT2D eigenvalue weighted by Gasteiger charge is 2.40. The van der Waals surface area contributed by atoms with Crippen LogP contribution in [0, 0.1) is 11.7 Å². The van der Waals surface area contributed by atoms with E-state index in [4.69, 9.17) is 0 Å². The third-order valence-corrected chi connectivity index (χ3v) is 6.49. The molecule has 0 saturated carbocycles. The van der Waals surface area contributed by atoms with Crippen LogP contribution < -0.4 is 10.6 Å². The molecular formula is C23H19FN2OS. The molecule has 0 saturated heterocycles. The van der Waals surface area contributed by atoms with Crippen molar-refractivity contribution in [2.24, 2.45) is 5.92 Å². The van der Waals surface area contributed by atoms with E-state index in [2.05, 4.69) is 22.8 Å². The summed E-state index contributed by atoms with van der Waals surface area (Å²) in [6.07, 6.45) is 2.58. The fourth-order valence-electron chi connectivity index (χ4n) is 4.18. The highest BCUT2D eigenvalue weighted by atomic mass is 32.1. The lowest BCUT2D eigenvalue weighted by Gasteiger charge is -2.32. The van der Waals surface area contributed by atoms with Gasteiger partial charge >= 0.3 is 0 Å². The van der Waals surface area contributed by atoms with Crippen molar-refractivity contribution in [1.82, 2.24) is 0 Å². The summed E-state index contributed by atoms with van der Waals surface area (Å²) in [5.74, 6) is -0.581. The molecule has 0 radical (unpaired) electrons. The number of Topliss-reactive ketones (excluding diaryl/α,β-unsaturated/α-hetero) is 1. The largest absolute Gasteiger partial charge is 0.375 e. The normalized spacial score (nSPS) is 23.5. The number of thiophene rings is 1. The molecule has 2 heterocycles. The number of hydrogen-bond donors (Lipinski definition) is 2. The summed E-state index contributed by atoms with van der Waals surface area (Å²) in [5.41, 5.74) is 3.13. The molecule has 1 aliphatic carbocycles. The lowest BCUT2D eigenvalue weighted by Crippen LogP contribution is -2.34. The van der Waals surface area contributed by atoms with Gasteiger partial charge in [0.25, 0.3) is 0 Å². The molecule has 140 valence electrons. The number of carbonyl (C=O) groups excluding carboxylic acids is 1. The van der Waals surface area contributed by atoms with Gasteiger partial charge < -0.3 is 10.6 Å². The number of hydrogen-bond acceptors (Lipinski definition) is 4. The highest BCUT2D eigenvalue weighted by molar-refractivity contribution is 7.10. The number of anilines is 2. The topological polar surface area (TPSA) is 41.1 Å². The van der Waals surface area contributed by atoms with Gasteiger partial charge in [-0.25, -0.2) is 4.39 Å². The van der Waals surface area contributed by atoms with E-state index in [0.717, 1.165) is 17.1 Å². The summed E-state index contributed by atoms with van der Waals surface area (Å²) in [6.45, 7) is 0. The van der Waals surface area contributed by atoms with Crippen LogP contribution in [0.5, 0.6) is 0 Å². The minimum Gasteiger partial charge on any atom is -0.375 e. The van der Waals surface area contributed by atoms with Crippen molar-refractivity contribution in [1.29, 1.82) is 0 Å². The van der Waals surface area contributed by atoms with Gasteiger partial charge in [0.1, 0.15) is 11.6 Å². The monoisotopic (exact) mass is 390 g/mol. The summed E-state index contributed by atoms with van der Waals surface area (Å²) in [6, 6.07) is 18.1. The van der Waals surface area contributed by atoms with E-state index in [-0.39, 0.29) is 17.5 Å². The predicted octanol–water partition coefficient (Wildman–Crippen LogP) is 5.72. The molecule has 28 heavy (non-hydrogen) atoms. The van der Waals surface area contributed by atoms with Gasteiger partial charge in [0.2, 0.25) is 0 Å². The lowest BCUT2D eigenvalue weighted by atomic mass is 9.78. The Balaban J connectivity index is 1.66. The average Bonchev–Trinajstić information content (AvgIpc) is 3.17. The van der Waals surface area contributed by atoms with E-state index in [9.17, 15) is 9.18 Å². The van der Waals surface area contributed by atoms with Crippen molar-refractivity contribution < 1.29 is 9.18 Å². The Hall–Kier alpha value is -2.92. The van der Waals surface area contributed by atoms with Crippen molar-refractivity contribution in [2.75, 3.05) is 10.6 Å². The smallest absolute Gasteiger partial charge is 0.145 e. The number of benzene rings is 2. The number of allylic oxidation sites excluding steroid dienone is 1. The zero-order valence-corrected chi connectivity index (χ0v) is 15.9. The quantitative estimate of drug-likeness (QED) is 0.588. The summed E-state index contributed by atoms with van der Waals surface area (Å²) < 4.78 is 14.7. The Bertz CT molecular complexity index is 1060. The Morgan fingerprint density at radius 2 is 1.75 bits per heavy atom. The average molecular weight is 390 g/mol. The molecule has 5 rings (SSSR count). The van der Waals surface area contributed by atoms with Crippen molar-refractivity contribution in [3.8, 4) is 0 Å². The molecule has 0 bridgehead atoms. The summed E-state index contributed by atoms with van der Waals surface area (Å²) in [7, 11) is 0. The number of carbonyl (C=O) groups is 1. The molecule has 0 spiro atoms. The van der Waals surface area contributed by atoms with Crippen LogP contribution in [0.1, 0.15) is 28.8 Å². The van der Waals surface area contributed by atoms with Gasteiger partial charge in [0.05, 0.1) is 23.3 Å². The van der Waals surface area contributed by atoms with Gasteiger partial charge in [-0.05, 0) is 29.6 Å². The van der Waals surface area contributed by atoms with Gasteiger partial charge in [-0.1, -0.05) is 42.5 Å². The van der Waals surface area contributed by atoms with E-state index in [1.165, 1.54) is 10.9 Å². The molecule has 0 amide bonds. The van der Waals surface area contributed by atoms with Gasteiger partial charge in [-0.2, -0.15) is 0 Å². The first-order valence-electron chi connectivity index (χ1n) is 9.35. The molecule has 0 fully saturated rings. The summed E-state index contributed by atoms with van der Waals surface area (Å²) in [5, 5.41) is 8.93. The van der Waals surface area contributed by atoms with Crippen LogP contribution in [-0.2, 0) is 4.79 Å². The third kappa shape index (κ3) is 2.92. The van der Waals surface area contributed by atoms with Crippen molar-refractivity contribution in [3.05, 3.63) is 94.1 Å². The number of ketones is 1. The fourth-order valence-corrected chi connectivity index (χ4v) is 4.97. The number of para-hydroxylation sites is 2. The predicted molar refractivity (Wildman–Crippen MR) is 111 cm³/mol. The molecule has 5 heteroatoms. The second kappa shape index (κ2) is 6.91. The molecule has 2 aliphatic rings. The molecule has 3 aromatic rings. The second-order valence-corrected chi connectivity index (χ2v) is 8.19. The van der Waals surface area contributed by atoms with E-state index >= 15 is 0 Å². The fraction of sp³-hybridized carbons (Fsp3) is 0.174. The Kier molecular flexibility index (Phi) is 4.24. The maximum absolute atomic E-state index is 14.7. The molecular weight excluding hydrogens is 371 g/mol. The first-order chi connectivity index (χ1) is 13.7. The second-order valence-electron chi connectivity index (χ2n) is 7.21. The van der Waals surface area contributed by atoms with Gasteiger partial charge in [-0.15, -0.1) is 11.3 Å². The van der Waals surface area contributed by atoms with E-state index in [1.807, 2.05) is 41.8 Å². The van der Waals surface area contributed by atoms with Crippen molar-refractivity contribution >= 4 is 28.5 Å². The third-order valence-electron chi connectivity index (χ3n) is 5.48. The molecule has 1 aromatic heterocycles. The Morgan fingerprint density at radius 1 is 0.964 bits per heavy atom. The van der Waals surface area contributed by atoms with Crippen LogP contribution in [0.3, 0.4) is 0 Å². The van der Waals surface area contributed by atoms with Crippen LogP contribution in [0.2, 0.25) is 0 Å². The Labute approximate surface area is 166 Å². The van der Waals surface area contributed by atoms with Crippen LogP contribution >= 0.6 is 11.3 Å². The highest BCUT2D eigenvalue weighted by Crippen LogP contribution is 2.45. The van der Waals surface area contributed by atoms with Crippen molar-refractivity contribution in [2.45, 2.75) is 18.4 Å². The molecule has 1 aliphatic heterocycles. The van der Waals surface area contributed by atoms with Gasteiger partial charge in [-0.3, -0.25) is 4.79 Å². The molecule has 2 N–H and O–H groups in total. The SMILES string of the molecule is O=C1CC(c2cccs2)C=C2Nc3ccccc3NC(c3ccccc3F)C12. The van der Waals surface area contributed by atoms with E-state index in [1.54, 1.807) is 23.5 Å². The number of fused-ring (bicyclic) bond motifs is 2. The van der Waals surface area contributed by atoms with Crippen LogP contribution in [0.4, 0.5) is 15.8 Å². The van der Waals surface area contributed by atoms with Crippen LogP contribution in [0.15, 0.2) is 77.8 Å². The number of halogens is 1.